The molecular weight excluding hydrogens is 338 g/mol. The van der Waals surface area contributed by atoms with E-state index in [1.54, 1.807) is 7.11 Å². The fourth-order valence-corrected chi connectivity index (χ4v) is 2.74. The molecule has 4 nitrogen and oxygen atoms in total. The van der Waals surface area contributed by atoms with Crippen molar-refractivity contribution < 1.29 is 14.3 Å². The monoisotopic (exact) mass is 361 g/mol. The van der Waals surface area contributed by atoms with E-state index in [-0.39, 0.29) is 18.6 Å². The molecule has 0 bridgehead atoms. The van der Waals surface area contributed by atoms with Crippen LogP contribution in [0.3, 0.4) is 0 Å². The lowest BCUT2D eigenvalue weighted by Crippen LogP contribution is -2.32. The minimum Gasteiger partial charge on any atom is -0.497 e. The van der Waals surface area contributed by atoms with Crippen LogP contribution < -0.4 is 14.8 Å². The van der Waals surface area contributed by atoms with Crippen molar-refractivity contribution in [3.8, 4) is 11.5 Å². The molecule has 0 fully saturated rings. The molecule has 2 aromatic carbocycles. The van der Waals surface area contributed by atoms with Crippen molar-refractivity contribution in [1.29, 1.82) is 0 Å². The molecule has 2 rings (SSSR count). The van der Waals surface area contributed by atoms with Crippen molar-refractivity contribution in [3.05, 3.63) is 58.1 Å². The van der Waals surface area contributed by atoms with E-state index in [1.807, 2.05) is 57.2 Å². The minimum absolute atomic E-state index is 0.0346. The number of halogens is 1. The van der Waals surface area contributed by atoms with Crippen molar-refractivity contribution in [2.45, 2.75) is 33.2 Å². The topological polar surface area (TPSA) is 47.6 Å². The number of methoxy groups -OCH3 is 1. The molecule has 0 radical (unpaired) electrons. The maximum absolute atomic E-state index is 12.2. The summed E-state index contributed by atoms with van der Waals surface area (Å²) in [5.74, 6) is 1.28. The molecule has 5 heteroatoms. The molecule has 0 aromatic heterocycles. The Morgan fingerprint density at radius 1 is 1.12 bits per heavy atom. The Balaban J connectivity index is 1.95. The van der Waals surface area contributed by atoms with E-state index in [0.717, 1.165) is 33.9 Å². The van der Waals surface area contributed by atoms with Crippen LogP contribution in [0.15, 0.2) is 36.4 Å². The predicted octanol–water partition coefficient (Wildman–Crippen LogP) is 4.61. The maximum atomic E-state index is 12.2. The van der Waals surface area contributed by atoms with Crippen LogP contribution in [-0.2, 0) is 4.79 Å². The number of rotatable bonds is 7. The van der Waals surface area contributed by atoms with Crippen LogP contribution >= 0.6 is 11.6 Å². The van der Waals surface area contributed by atoms with Crippen molar-refractivity contribution >= 4 is 17.5 Å². The second-order valence-corrected chi connectivity index (χ2v) is 6.34. The van der Waals surface area contributed by atoms with Crippen LogP contribution in [-0.4, -0.2) is 19.6 Å². The Labute approximate surface area is 154 Å². The summed E-state index contributed by atoms with van der Waals surface area (Å²) >= 11 is 6.15. The lowest BCUT2D eigenvalue weighted by Gasteiger charge is -2.18. The zero-order valence-electron chi connectivity index (χ0n) is 15.1. The van der Waals surface area contributed by atoms with Gasteiger partial charge in [0.15, 0.2) is 6.61 Å². The van der Waals surface area contributed by atoms with Crippen molar-refractivity contribution in [2.24, 2.45) is 0 Å². The Morgan fingerprint density at radius 3 is 2.24 bits per heavy atom. The molecule has 1 atom stereocenters. The van der Waals surface area contributed by atoms with Crippen LogP contribution in [0.5, 0.6) is 11.5 Å². The Bertz CT molecular complexity index is 705. The summed E-state index contributed by atoms with van der Waals surface area (Å²) < 4.78 is 10.8. The highest BCUT2D eigenvalue weighted by molar-refractivity contribution is 6.32. The zero-order valence-corrected chi connectivity index (χ0v) is 15.8. The standard InChI is InChI=1S/C20H24ClNO3/c1-5-18(15-6-8-16(24-4)9-7-15)22-19(23)12-25-17-10-13(2)20(21)14(3)11-17/h6-11,18H,5,12H2,1-4H3,(H,22,23)/t18-/m0/s1. The van der Waals surface area contributed by atoms with Gasteiger partial charge in [-0.25, -0.2) is 0 Å². The molecule has 1 N–H and O–H groups in total. The van der Waals surface area contributed by atoms with Gasteiger partial charge in [0, 0.05) is 5.02 Å². The smallest absolute Gasteiger partial charge is 0.258 e. The number of carbonyl (C=O) groups excluding carboxylic acids is 1. The largest absolute Gasteiger partial charge is 0.497 e. The third kappa shape index (κ3) is 5.13. The summed E-state index contributed by atoms with van der Waals surface area (Å²) in [6.07, 6.45) is 0.789. The van der Waals surface area contributed by atoms with Crippen molar-refractivity contribution in [2.75, 3.05) is 13.7 Å². The molecule has 1 amide bonds. The lowest BCUT2D eigenvalue weighted by atomic mass is 10.0. The summed E-state index contributed by atoms with van der Waals surface area (Å²) in [5.41, 5.74) is 2.90. The number of hydrogen-bond acceptors (Lipinski definition) is 3. The highest BCUT2D eigenvalue weighted by Crippen LogP contribution is 2.26. The van der Waals surface area contributed by atoms with Crippen molar-refractivity contribution in [3.63, 3.8) is 0 Å². The van der Waals surface area contributed by atoms with Crippen LogP contribution in [0.2, 0.25) is 5.02 Å². The molecule has 0 saturated carbocycles. The number of benzene rings is 2. The number of ether oxygens (including phenoxy) is 2. The van der Waals surface area contributed by atoms with Gasteiger partial charge in [-0.2, -0.15) is 0 Å². The van der Waals surface area contributed by atoms with Gasteiger partial charge in [0.1, 0.15) is 11.5 Å². The van der Waals surface area contributed by atoms with Gasteiger partial charge in [-0.05, 0) is 61.2 Å². The molecular formula is C20H24ClNO3. The minimum atomic E-state index is -0.159. The van der Waals surface area contributed by atoms with Crippen LogP contribution in [0.4, 0.5) is 0 Å². The summed E-state index contributed by atoms with van der Waals surface area (Å²) in [4.78, 5) is 12.2. The highest BCUT2D eigenvalue weighted by Gasteiger charge is 2.14. The number of nitrogens with one attached hydrogen (secondary N) is 1. The van der Waals surface area contributed by atoms with E-state index in [4.69, 9.17) is 21.1 Å². The van der Waals surface area contributed by atoms with Gasteiger partial charge in [-0.1, -0.05) is 30.7 Å². The van der Waals surface area contributed by atoms with E-state index in [9.17, 15) is 4.79 Å². The van der Waals surface area contributed by atoms with E-state index in [0.29, 0.717) is 5.75 Å². The number of carbonyl (C=O) groups is 1. The first-order valence-electron chi connectivity index (χ1n) is 8.27. The molecule has 25 heavy (non-hydrogen) atoms. The second kappa shape index (κ2) is 8.77. The fourth-order valence-electron chi connectivity index (χ4n) is 2.63. The molecule has 2 aromatic rings. The third-order valence-electron chi connectivity index (χ3n) is 4.04. The molecule has 0 aliphatic carbocycles. The summed E-state index contributed by atoms with van der Waals surface area (Å²) in [5, 5.41) is 3.72. The molecule has 0 heterocycles. The molecule has 0 unspecified atom stereocenters. The fraction of sp³-hybridized carbons (Fsp3) is 0.350. The van der Waals surface area contributed by atoms with Gasteiger partial charge in [0.05, 0.1) is 13.2 Å². The second-order valence-electron chi connectivity index (χ2n) is 5.96. The normalized spacial score (nSPS) is 11.7. The molecule has 0 spiro atoms. The van der Waals surface area contributed by atoms with Gasteiger partial charge in [0.2, 0.25) is 0 Å². The summed E-state index contributed by atoms with van der Waals surface area (Å²) in [6.45, 7) is 5.83. The third-order valence-corrected chi connectivity index (χ3v) is 4.64. The number of aryl methyl sites for hydroxylation is 2. The Morgan fingerprint density at radius 2 is 1.72 bits per heavy atom. The van der Waals surface area contributed by atoms with E-state index in [1.165, 1.54) is 0 Å². The first-order valence-corrected chi connectivity index (χ1v) is 8.65. The predicted molar refractivity (Wildman–Crippen MR) is 101 cm³/mol. The van der Waals surface area contributed by atoms with E-state index >= 15 is 0 Å². The SMILES string of the molecule is CC[C@H](NC(=O)COc1cc(C)c(Cl)c(C)c1)c1ccc(OC)cc1. The average molecular weight is 362 g/mol. The lowest BCUT2D eigenvalue weighted by molar-refractivity contribution is -0.123. The van der Waals surface area contributed by atoms with E-state index in [2.05, 4.69) is 5.32 Å². The number of hydrogen-bond donors (Lipinski definition) is 1. The zero-order chi connectivity index (χ0) is 18.4. The van der Waals surface area contributed by atoms with E-state index < -0.39 is 0 Å². The summed E-state index contributed by atoms with van der Waals surface area (Å²) in [7, 11) is 1.63. The molecule has 0 aliphatic rings. The first-order chi connectivity index (χ1) is 11.9. The van der Waals surface area contributed by atoms with Crippen LogP contribution in [0.1, 0.15) is 36.1 Å². The first kappa shape index (κ1) is 19.1. The van der Waals surface area contributed by atoms with Gasteiger partial charge in [-0.3, -0.25) is 4.79 Å². The van der Waals surface area contributed by atoms with Crippen LogP contribution in [0.25, 0.3) is 0 Å². The Kier molecular flexibility index (Phi) is 6.71. The maximum Gasteiger partial charge on any atom is 0.258 e. The molecule has 0 saturated heterocycles. The molecule has 134 valence electrons. The van der Waals surface area contributed by atoms with Crippen molar-refractivity contribution in [1.82, 2.24) is 5.32 Å². The number of amides is 1. The average Bonchev–Trinajstić information content (AvgIpc) is 2.62. The van der Waals surface area contributed by atoms with Gasteiger partial charge >= 0.3 is 0 Å². The van der Waals surface area contributed by atoms with Gasteiger partial charge < -0.3 is 14.8 Å². The highest BCUT2D eigenvalue weighted by atomic mass is 35.5. The van der Waals surface area contributed by atoms with Gasteiger partial charge in [-0.15, -0.1) is 0 Å². The van der Waals surface area contributed by atoms with Gasteiger partial charge in [0.25, 0.3) is 5.91 Å². The quantitative estimate of drug-likeness (QED) is 0.783. The Hall–Kier alpha value is -2.20. The summed E-state index contributed by atoms with van der Waals surface area (Å²) in [6, 6.07) is 11.3. The molecule has 0 aliphatic heterocycles. The van der Waals surface area contributed by atoms with Crippen LogP contribution in [0, 0.1) is 13.8 Å².